The SMILES string of the molecule is CCCCc1ccc(C(NC(=O)CN(C)C(=O)c2ccco2)C(C)C)cc1. The average Bonchev–Trinajstić information content (AvgIpc) is 3.18. The standard InChI is InChI=1S/C22H30N2O3/c1-5-6-8-17-10-12-18(13-11-17)21(16(2)3)23-20(25)15-24(4)22(26)19-9-7-14-27-19/h7,9-14,16,21H,5-6,8,15H2,1-4H3,(H,23,25). The Morgan fingerprint density at radius 1 is 1.15 bits per heavy atom. The monoisotopic (exact) mass is 370 g/mol. The molecule has 0 bridgehead atoms. The number of hydrogen-bond acceptors (Lipinski definition) is 3. The summed E-state index contributed by atoms with van der Waals surface area (Å²) >= 11 is 0. The second-order valence-corrected chi connectivity index (χ2v) is 7.27. The predicted octanol–water partition coefficient (Wildman–Crippen LogP) is 4.21. The summed E-state index contributed by atoms with van der Waals surface area (Å²) < 4.78 is 5.10. The smallest absolute Gasteiger partial charge is 0.289 e. The van der Waals surface area contributed by atoms with Crippen LogP contribution in [0, 0.1) is 5.92 Å². The highest BCUT2D eigenvalue weighted by molar-refractivity contribution is 5.94. The van der Waals surface area contributed by atoms with Crippen molar-refractivity contribution >= 4 is 11.8 Å². The Kier molecular flexibility index (Phi) is 7.65. The van der Waals surface area contributed by atoms with Crippen LogP contribution in [0.3, 0.4) is 0 Å². The van der Waals surface area contributed by atoms with Crippen LogP contribution in [0.1, 0.15) is 61.3 Å². The molecule has 2 amide bonds. The Morgan fingerprint density at radius 2 is 1.85 bits per heavy atom. The first-order chi connectivity index (χ1) is 12.9. The fourth-order valence-corrected chi connectivity index (χ4v) is 3.00. The van der Waals surface area contributed by atoms with Crippen LogP contribution in [-0.4, -0.2) is 30.3 Å². The van der Waals surface area contributed by atoms with Gasteiger partial charge in [-0.2, -0.15) is 0 Å². The minimum atomic E-state index is -0.309. The van der Waals surface area contributed by atoms with Gasteiger partial charge in [-0.25, -0.2) is 0 Å². The molecule has 1 atom stereocenters. The van der Waals surface area contributed by atoms with Crippen molar-refractivity contribution in [3.63, 3.8) is 0 Å². The van der Waals surface area contributed by atoms with Gasteiger partial charge in [0.15, 0.2) is 5.76 Å². The fourth-order valence-electron chi connectivity index (χ4n) is 3.00. The molecule has 2 rings (SSSR count). The highest BCUT2D eigenvalue weighted by atomic mass is 16.3. The zero-order valence-corrected chi connectivity index (χ0v) is 16.7. The maximum absolute atomic E-state index is 12.5. The van der Waals surface area contributed by atoms with Gasteiger partial charge >= 0.3 is 0 Å². The van der Waals surface area contributed by atoms with Crippen molar-refractivity contribution in [3.8, 4) is 0 Å². The third kappa shape index (κ3) is 5.98. The van der Waals surface area contributed by atoms with E-state index in [1.165, 1.54) is 29.6 Å². The molecule has 0 radical (unpaired) electrons. The number of likely N-dealkylation sites (N-methyl/N-ethyl adjacent to an activating group) is 1. The van der Waals surface area contributed by atoms with Crippen molar-refractivity contribution < 1.29 is 14.0 Å². The van der Waals surface area contributed by atoms with E-state index in [1.54, 1.807) is 19.2 Å². The summed E-state index contributed by atoms with van der Waals surface area (Å²) in [4.78, 5) is 26.1. The maximum atomic E-state index is 12.5. The molecule has 2 aromatic rings. The van der Waals surface area contributed by atoms with E-state index in [1.807, 2.05) is 0 Å². The van der Waals surface area contributed by atoms with Crippen LogP contribution in [0.15, 0.2) is 47.1 Å². The van der Waals surface area contributed by atoms with E-state index in [4.69, 9.17) is 4.42 Å². The molecule has 5 heteroatoms. The second kappa shape index (κ2) is 9.95. The molecule has 1 aromatic heterocycles. The summed E-state index contributed by atoms with van der Waals surface area (Å²) in [5.74, 6) is -0.0300. The Hall–Kier alpha value is -2.56. The van der Waals surface area contributed by atoms with Crippen molar-refractivity contribution in [3.05, 3.63) is 59.5 Å². The number of unbranched alkanes of at least 4 members (excludes halogenated alkanes) is 1. The summed E-state index contributed by atoms with van der Waals surface area (Å²) in [6, 6.07) is 11.6. The fraction of sp³-hybridized carbons (Fsp3) is 0.455. The van der Waals surface area contributed by atoms with E-state index >= 15 is 0 Å². The molecule has 27 heavy (non-hydrogen) atoms. The minimum Gasteiger partial charge on any atom is -0.459 e. The first-order valence-corrected chi connectivity index (χ1v) is 9.59. The molecule has 146 valence electrons. The summed E-state index contributed by atoms with van der Waals surface area (Å²) in [5.41, 5.74) is 2.40. The quantitative estimate of drug-likeness (QED) is 0.719. The normalized spacial score (nSPS) is 12.0. The van der Waals surface area contributed by atoms with Crippen LogP contribution in [0.2, 0.25) is 0 Å². The molecule has 1 aromatic carbocycles. The minimum absolute atomic E-state index is 0.0165. The highest BCUT2D eigenvalue weighted by Gasteiger charge is 2.21. The van der Waals surface area contributed by atoms with Gasteiger partial charge in [-0.3, -0.25) is 9.59 Å². The van der Waals surface area contributed by atoms with Gasteiger partial charge in [0.2, 0.25) is 5.91 Å². The number of carbonyl (C=O) groups is 2. The number of furan rings is 1. The molecule has 1 N–H and O–H groups in total. The lowest BCUT2D eigenvalue weighted by Crippen LogP contribution is -2.41. The summed E-state index contributed by atoms with van der Waals surface area (Å²) in [7, 11) is 1.59. The van der Waals surface area contributed by atoms with Gasteiger partial charge in [-0.1, -0.05) is 51.5 Å². The number of carbonyl (C=O) groups excluding carboxylic acids is 2. The Balaban J connectivity index is 1.98. The molecule has 1 unspecified atom stereocenters. The molecule has 0 saturated carbocycles. The van der Waals surface area contributed by atoms with Crippen LogP contribution in [0.4, 0.5) is 0 Å². The topological polar surface area (TPSA) is 62.6 Å². The van der Waals surface area contributed by atoms with Gasteiger partial charge in [0.1, 0.15) is 0 Å². The van der Waals surface area contributed by atoms with E-state index in [0.717, 1.165) is 12.0 Å². The van der Waals surface area contributed by atoms with Crippen molar-refractivity contribution in [2.75, 3.05) is 13.6 Å². The Morgan fingerprint density at radius 3 is 2.41 bits per heavy atom. The van der Waals surface area contributed by atoms with Gasteiger partial charge in [0.05, 0.1) is 18.8 Å². The first kappa shape index (κ1) is 20.7. The molecule has 0 fully saturated rings. The van der Waals surface area contributed by atoms with Crippen LogP contribution >= 0.6 is 0 Å². The first-order valence-electron chi connectivity index (χ1n) is 9.59. The number of hydrogen-bond donors (Lipinski definition) is 1. The third-order valence-electron chi connectivity index (χ3n) is 4.60. The average molecular weight is 370 g/mol. The maximum Gasteiger partial charge on any atom is 0.289 e. The van der Waals surface area contributed by atoms with Crippen LogP contribution in [-0.2, 0) is 11.2 Å². The molecule has 0 spiro atoms. The molecular weight excluding hydrogens is 340 g/mol. The number of nitrogens with zero attached hydrogens (tertiary/aromatic N) is 1. The lowest BCUT2D eigenvalue weighted by atomic mass is 9.94. The summed E-state index contributed by atoms with van der Waals surface area (Å²) in [5, 5.41) is 3.06. The molecule has 0 aliphatic heterocycles. The van der Waals surface area contributed by atoms with Crippen LogP contribution < -0.4 is 5.32 Å². The van der Waals surface area contributed by atoms with E-state index in [2.05, 4.69) is 50.4 Å². The van der Waals surface area contributed by atoms with E-state index in [0.29, 0.717) is 0 Å². The van der Waals surface area contributed by atoms with Crippen LogP contribution in [0.25, 0.3) is 0 Å². The number of amides is 2. The number of nitrogens with one attached hydrogen (secondary N) is 1. The third-order valence-corrected chi connectivity index (χ3v) is 4.60. The van der Waals surface area contributed by atoms with E-state index in [9.17, 15) is 9.59 Å². The number of aryl methyl sites for hydroxylation is 1. The molecule has 1 heterocycles. The van der Waals surface area contributed by atoms with Crippen molar-refractivity contribution in [1.29, 1.82) is 0 Å². The van der Waals surface area contributed by atoms with Crippen molar-refractivity contribution in [2.24, 2.45) is 5.92 Å². The summed E-state index contributed by atoms with van der Waals surface area (Å²) in [6.45, 7) is 6.32. The van der Waals surface area contributed by atoms with Gasteiger partial charge in [-0.05, 0) is 42.0 Å². The van der Waals surface area contributed by atoms with Crippen molar-refractivity contribution in [1.82, 2.24) is 10.2 Å². The Labute approximate surface area is 161 Å². The van der Waals surface area contributed by atoms with Crippen LogP contribution in [0.5, 0.6) is 0 Å². The number of benzene rings is 1. The second-order valence-electron chi connectivity index (χ2n) is 7.27. The molecule has 0 aliphatic carbocycles. The van der Waals surface area contributed by atoms with E-state index < -0.39 is 0 Å². The molecular formula is C22H30N2O3. The highest BCUT2D eigenvalue weighted by Crippen LogP contribution is 2.22. The molecule has 0 aliphatic rings. The number of rotatable bonds is 9. The molecule has 0 saturated heterocycles. The lowest BCUT2D eigenvalue weighted by Gasteiger charge is -2.25. The Bertz CT molecular complexity index is 721. The molecule has 5 nitrogen and oxygen atoms in total. The largest absolute Gasteiger partial charge is 0.459 e. The van der Waals surface area contributed by atoms with Crippen molar-refractivity contribution in [2.45, 2.75) is 46.1 Å². The zero-order valence-electron chi connectivity index (χ0n) is 16.7. The van der Waals surface area contributed by atoms with Gasteiger partial charge in [-0.15, -0.1) is 0 Å². The zero-order chi connectivity index (χ0) is 19.8. The predicted molar refractivity (Wildman–Crippen MR) is 106 cm³/mol. The summed E-state index contributed by atoms with van der Waals surface area (Å²) in [6.07, 6.45) is 4.88. The van der Waals surface area contributed by atoms with Gasteiger partial charge < -0.3 is 14.6 Å². The lowest BCUT2D eigenvalue weighted by molar-refractivity contribution is -0.122. The van der Waals surface area contributed by atoms with Gasteiger partial charge in [0.25, 0.3) is 5.91 Å². The van der Waals surface area contributed by atoms with Gasteiger partial charge in [0, 0.05) is 7.05 Å². The van der Waals surface area contributed by atoms with E-state index in [-0.39, 0.29) is 36.1 Å².